The first-order valence-electron chi connectivity index (χ1n) is 7.56. The molecule has 172 valence electrons. The summed E-state index contributed by atoms with van der Waals surface area (Å²) in [6.07, 6.45) is -5.76. The number of ether oxygens (including phenoxy) is 1. The number of aromatic amines is 1. The maximum absolute atomic E-state index is 11.9. The van der Waals surface area contributed by atoms with Gasteiger partial charge in [0.1, 0.15) is 24.4 Å². The van der Waals surface area contributed by atoms with E-state index in [0.29, 0.717) is 0 Å². The summed E-state index contributed by atoms with van der Waals surface area (Å²) in [6, 6.07) is 0. The SMILES string of the molecule is Cn1cc(C2OC(COP(=O)([O-])OP(=O)([O-])OP(=O)([O-])O)C(O)C2O)c(=O)[nH]c1=O.[Na+].[Na+].[Na+]. The van der Waals surface area contributed by atoms with E-state index in [1.165, 1.54) is 7.05 Å². The Labute approximate surface area is 251 Å². The Hall–Kier alpha value is 1.97. The minimum absolute atomic E-state index is 0. The number of aryl methyl sites for hydroxylation is 1. The fourth-order valence-electron chi connectivity index (χ4n) is 2.38. The van der Waals surface area contributed by atoms with E-state index in [9.17, 15) is 48.2 Å². The number of phosphoric acid groups is 3. The number of H-pyrrole nitrogens is 1. The van der Waals surface area contributed by atoms with E-state index in [4.69, 9.17) is 9.63 Å². The molecule has 7 atom stereocenters. The normalized spacial score (nSPS) is 27.6. The van der Waals surface area contributed by atoms with Crippen LogP contribution in [0.1, 0.15) is 11.7 Å². The van der Waals surface area contributed by atoms with Crippen LogP contribution in [0.15, 0.2) is 15.8 Å². The maximum atomic E-state index is 11.9. The van der Waals surface area contributed by atoms with Gasteiger partial charge in [-0.1, -0.05) is 0 Å². The van der Waals surface area contributed by atoms with Gasteiger partial charge in [-0.2, -0.15) is 0 Å². The summed E-state index contributed by atoms with van der Waals surface area (Å²) < 4.78 is 49.8. The quantitative estimate of drug-likeness (QED) is 0.169. The van der Waals surface area contributed by atoms with Gasteiger partial charge >= 0.3 is 94.4 Å². The first-order valence-corrected chi connectivity index (χ1v) is 12.0. The minimum Gasteiger partial charge on any atom is -0.756 e. The van der Waals surface area contributed by atoms with Crippen LogP contribution in [-0.2, 0) is 38.6 Å². The third kappa shape index (κ3) is 11.1. The van der Waals surface area contributed by atoms with Gasteiger partial charge in [-0.25, -0.2) is 13.4 Å². The van der Waals surface area contributed by atoms with Gasteiger partial charge in [0, 0.05) is 13.2 Å². The molecule has 1 saturated heterocycles. The van der Waals surface area contributed by atoms with E-state index in [1.54, 1.807) is 0 Å². The fraction of sp³-hybridized carbons (Fsp3) is 0.600. The van der Waals surface area contributed by atoms with Crippen LogP contribution in [0.3, 0.4) is 0 Å². The molecular weight excluding hydrogens is 550 g/mol. The fourth-order valence-corrected chi connectivity index (χ4v) is 5.28. The predicted octanol–water partition coefficient (Wildman–Crippen LogP) is -13.3. The van der Waals surface area contributed by atoms with Crippen molar-refractivity contribution in [3.63, 3.8) is 0 Å². The number of nitrogens with zero attached hydrogens (tertiary/aromatic N) is 1. The second kappa shape index (κ2) is 14.2. The van der Waals surface area contributed by atoms with Gasteiger partial charge in [-0.15, -0.1) is 0 Å². The molecule has 1 aromatic heterocycles. The Bertz CT molecular complexity index is 1060. The van der Waals surface area contributed by atoms with E-state index in [1.807, 2.05) is 4.98 Å². The van der Waals surface area contributed by atoms with Gasteiger partial charge in [-0.3, -0.25) is 23.5 Å². The molecule has 4 N–H and O–H groups in total. The molecule has 0 bridgehead atoms. The molecule has 0 saturated carbocycles. The topological polar surface area (TPSA) is 273 Å². The van der Waals surface area contributed by atoms with Crippen molar-refractivity contribution >= 4 is 23.5 Å². The molecule has 2 heterocycles. The van der Waals surface area contributed by atoms with Crippen LogP contribution in [0.4, 0.5) is 0 Å². The van der Waals surface area contributed by atoms with Crippen LogP contribution in [-0.4, -0.2) is 49.6 Å². The standard InChI is InChI=1S/C10H17N2O15P3.3Na/c1-12-2-4(9(15)11-10(12)16)8-7(14)6(13)5(25-8)3-24-29(20,21)27-30(22,23)26-28(17,18)19;;;/h2,5-8,13-14H,3H2,1H3,(H,20,21)(H,22,23)(H,11,15,16)(H2,17,18,19);;;/q;3*+1/p-3. The molecule has 0 aliphatic carbocycles. The molecule has 1 fully saturated rings. The van der Waals surface area contributed by atoms with Crippen molar-refractivity contribution in [2.45, 2.75) is 24.4 Å². The van der Waals surface area contributed by atoms with Crippen LogP contribution in [0.25, 0.3) is 0 Å². The molecule has 17 nitrogen and oxygen atoms in total. The van der Waals surface area contributed by atoms with Crippen molar-refractivity contribution in [1.82, 2.24) is 9.55 Å². The molecule has 1 aliphatic rings. The van der Waals surface area contributed by atoms with E-state index in [0.717, 1.165) is 10.8 Å². The zero-order chi connectivity index (χ0) is 23.1. The van der Waals surface area contributed by atoms with Crippen LogP contribution >= 0.6 is 23.5 Å². The average Bonchev–Trinajstić information content (AvgIpc) is 2.81. The van der Waals surface area contributed by atoms with Crippen molar-refractivity contribution in [2.24, 2.45) is 7.05 Å². The largest absolute Gasteiger partial charge is 1.00 e. The van der Waals surface area contributed by atoms with Gasteiger partial charge in [0.05, 0.1) is 12.2 Å². The van der Waals surface area contributed by atoms with Crippen molar-refractivity contribution in [1.29, 1.82) is 0 Å². The first kappa shape index (κ1) is 37.1. The smallest absolute Gasteiger partial charge is 0.756 e. The van der Waals surface area contributed by atoms with Crippen LogP contribution in [0.2, 0.25) is 0 Å². The average molecular weight is 564 g/mol. The van der Waals surface area contributed by atoms with Gasteiger partial charge < -0.3 is 43.6 Å². The number of phosphoric ester groups is 1. The first-order chi connectivity index (χ1) is 13.5. The molecule has 7 unspecified atom stereocenters. The predicted molar refractivity (Wildman–Crippen MR) is 85.1 cm³/mol. The summed E-state index contributed by atoms with van der Waals surface area (Å²) in [5, 5.41) is 20.0. The molecule has 0 spiro atoms. The molecule has 0 radical (unpaired) electrons. The summed E-state index contributed by atoms with van der Waals surface area (Å²) in [6.45, 7) is -1.15. The Morgan fingerprint density at radius 1 is 1.06 bits per heavy atom. The molecule has 0 aromatic carbocycles. The van der Waals surface area contributed by atoms with E-state index in [2.05, 4.69) is 13.1 Å². The molecule has 2 rings (SSSR count). The summed E-state index contributed by atoms with van der Waals surface area (Å²) in [5.74, 6) is 0. The summed E-state index contributed by atoms with van der Waals surface area (Å²) in [7, 11) is -16.6. The van der Waals surface area contributed by atoms with Crippen molar-refractivity contribution in [3.8, 4) is 0 Å². The van der Waals surface area contributed by atoms with Crippen molar-refractivity contribution in [2.75, 3.05) is 6.61 Å². The number of rotatable bonds is 8. The van der Waals surface area contributed by atoms with E-state index < -0.39 is 65.7 Å². The number of hydrogen-bond acceptors (Lipinski definition) is 14. The zero-order valence-electron chi connectivity index (χ0n) is 17.6. The number of aromatic nitrogens is 2. The molecule has 1 aliphatic heterocycles. The Kier molecular flexibility index (Phi) is 16.0. The summed E-state index contributed by atoms with van der Waals surface area (Å²) in [5.41, 5.74) is -2.03. The number of nitrogens with one attached hydrogen (secondary N) is 1. The van der Waals surface area contributed by atoms with E-state index >= 15 is 0 Å². The van der Waals surface area contributed by atoms with Gasteiger partial charge in [-0.05, 0) is 0 Å². The number of aliphatic hydroxyl groups excluding tert-OH is 2. The molecule has 33 heavy (non-hydrogen) atoms. The van der Waals surface area contributed by atoms with Crippen molar-refractivity contribution in [3.05, 3.63) is 32.6 Å². The molecule has 1 aromatic rings. The minimum atomic E-state index is -6.11. The molecule has 0 amide bonds. The number of hydrogen-bond donors (Lipinski definition) is 4. The van der Waals surface area contributed by atoms with E-state index in [-0.39, 0.29) is 94.2 Å². The zero-order valence-corrected chi connectivity index (χ0v) is 26.3. The summed E-state index contributed by atoms with van der Waals surface area (Å²) in [4.78, 5) is 66.5. The van der Waals surface area contributed by atoms with Gasteiger partial charge in [0.25, 0.3) is 29.0 Å². The second-order valence-corrected chi connectivity index (χ2v) is 10.1. The van der Waals surface area contributed by atoms with Gasteiger partial charge in [0.2, 0.25) is 0 Å². The third-order valence-corrected chi connectivity index (χ3v) is 7.30. The van der Waals surface area contributed by atoms with Crippen LogP contribution in [0.5, 0.6) is 0 Å². The summed E-state index contributed by atoms with van der Waals surface area (Å²) >= 11 is 0. The Morgan fingerprint density at radius 3 is 2.12 bits per heavy atom. The van der Waals surface area contributed by atoms with Crippen molar-refractivity contribution < 1.29 is 150 Å². The third-order valence-electron chi connectivity index (χ3n) is 3.60. The molecule has 23 heteroatoms. The monoisotopic (exact) mass is 564 g/mol. The van der Waals surface area contributed by atoms with Crippen LogP contribution in [0, 0.1) is 0 Å². The Balaban J connectivity index is 0. The van der Waals surface area contributed by atoms with Gasteiger partial charge in [0.15, 0.2) is 0 Å². The molecular formula is C10H14N2Na3O15P3. The second-order valence-electron chi connectivity index (χ2n) is 5.85. The van der Waals surface area contributed by atoms with Crippen LogP contribution < -0.4 is 115 Å². The maximum Gasteiger partial charge on any atom is 1.00 e. The Morgan fingerprint density at radius 2 is 1.61 bits per heavy atom. The number of aliphatic hydroxyl groups is 2.